The molecule has 0 radical (unpaired) electrons. The molecule has 0 heterocycles. The van der Waals surface area contributed by atoms with Crippen LogP contribution in [0.3, 0.4) is 0 Å². The number of nitrogens with two attached hydrogens (primary N) is 1. The van der Waals surface area contributed by atoms with Crippen LogP contribution < -0.4 is 5.73 Å². The summed E-state index contributed by atoms with van der Waals surface area (Å²) in [6.07, 6.45) is 5.40. The Bertz CT molecular complexity index is 293. The van der Waals surface area contributed by atoms with Crippen LogP contribution in [0.25, 0.3) is 0 Å². The van der Waals surface area contributed by atoms with E-state index in [9.17, 15) is 0 Å². The largest absolute Gasteiger partial charge is 0.324 e. The van der Waals surface area contributed by atoms with Crippen molar-refractivity contribution < 1.29 is 0 Å². The van der Waals surface area contributed by atoms with Gasteiger partial charge in [0.25, 0.3) is 0 Å². The Kier molecular flexibility index (Phi) is 3.42. The fourth-order valence-corrected chi connectivity index (χ4v) is 2.80. The first kappa shape index (κ1) is 10.7. The van der Waals surface area contributed by atoms with Gasteiger partial charge in [-0.1, -0.05) is 56.5 Å². The second kappa shape index (κ2) is 4.80. The van der Waals surface area contributed by atoms with Gasteiger partial charge in [-0.2, -0.15) is 0 Å². The van der Waals surface area contributed by atoms with Crippen LogP contribution in [0.4, 0.5) is 0 Å². The predicted octanol–water partition coefficient (Wildman–Crippen LogP) is 3.51. The van der Waals surface area contributed by atoms with E-state index >= 15 is 0 Å². The number of hydrogen-bond acceptors (Lipinski definition) is 1. The molecule has 1 aromatic carbocycles. The first-order valence-electron chi connectivity index (χ1n) is 6.09. The van der Waals surface area contributed by atoms with Gasteiger partial charge in [0.15, 0.2) is 0 Å². The molecule has 82 valence electrons. The molecule has 1 aromatic rings. The van der Waals surface area contributed by atoms with Gasteiger partial charge in [0.1, 0.15) is 0 Å². The highest BCUT2D eigenvalue weighted by molar-refractivity contribution is 5.19. The Morgan fingerprint density at radius 1 is 1.13 bits per heavy atom. The highest BCUT2D eigenvalue weighted by Crippen LogP contribution is 2.36. The number of rotatable bonds is 2. The summed E-state index contributed by atoms with van der Waals surface area (Å²) < 4.78 is 0. The van der Waals surface area contributed by atoms with E-state index in [1.807, 2.05) is 0 Å². The quantitative estimate of drug-likeness (QED) is 0.782. The monoisotopic (exact) mass is 203 g/mol. The van der Waals surface area contributed by atoms with E-state index in [1.165, 1.54) is 31.2 Å². The molecule has 1 aliphatic rings. The molecule has 1 saturated carbocycles. The van der Waals surface area contributed by atoms with E-state index in [-0.39, 0.29) is 6.04 Å². The van der Waals surface area contributed by atoms with Crippen LogP contribution >= 0.6 is 0 Å². The van der Waals surface area contributed by atoms with Gasteiger partial charge in [0, 0.05) is 6.04 Å². The fourth-order valence-electron chi connectivity index (χ4n) is 2.80. The maximum Gasteiger partial charge on any atom is 0.0326 e. The van der Waals surface area contributed by atoms with Gasteiger partial charge in [-0.15, -0.1) is 0 Å². The second-order valence-electron chi connectivity index (χ2n) is 4.86. The molecule has 1 aliphatic carbocycles. The Hall–Kier alpha value is -0.820. The smallest absolute Gasteiger partial charge is 0.0326 e. The lowest BCUT2D eigenvalue weighted by atomic mass is 9.75. The highest BCUT2D eigenvalue weighted by atomic mass is 14.7. The summed E-state index contributed by atoms with van der Waals surface area (Å²) in [6, 6.07) is 10.8. The minimum absolute atomic E-state index is 0.237. The first-order valence-corrected chi connectivity index (χ1v) is 6.09. The maximum absolute atomic E-state index is 6.36. The van der Waals surface area contributed by atoms with Crippen molar-refractivity contribution in [2.45, 2.75) is 38.6 Å². The molecule has 1 fully saturated rings. The van der Waals surface area contributed by atoms with Crippen molar-refractivity contribution in [2.75, 3.05) is 0 Å². The summed E-state index contributed by atoms with van der Waals surface area (Å²) in [5, 5.41) is 0. The van der Waals surface area contributed by atoms with Crippen LogP contribution in [0.15, 0.2) is 30.3 Å². The Morgan fingerprint density at radius 3 is 2.47 bits per heavy atom. The molecular formula is C14H21N. The molecule has 0 aromatic heterocycles. The zero-order valence-corrected chi connectivity index (χ0v) is 9.52. The number of hydrogen-bond donors (Lipinski definition) is 1. The highest BCUT2D eigenvalue weighted by Gasteiger charge is 2.27. The van der Waals surface area contributed by atoms with Crippen LogP contribution in [-0.4, -0.2) is 0 Å². The third-order valence-electron chi connectivity index (χ3n) is 3.82. The fraction of sp³-hybridized carbons (Fsp3) is 0.571. The van der Waals surface area contributed by atoms with Crippen LogP contribution in [0.1, 0.15) is 44.2 Å². The molecular weight excluding hydrogens is 182 g/mol. The van der Waals surface area contributed by atoms with Gasteiger partial charge in [-0.25, -0.2) is 0 Å². The maximum atomic E-state index is 6.36. The lowest BCUT2D eigenvalue weighted by Gasteiger charge is -2.33. The predicted molar refractivity (Wildman–Crippen MR) is 64.5 cm³/mol. The van der Waals surface area contributed by atoms with Crippen LogP contribution in [-0.2, 0) is 0 Å². The minimum Gasteiger partial charge on any atom is -0.324 e. The average molecular weight is 203 g/mol. The van der Waals surface area contributed by atoms with E-state index < -0.39 is 0 Å². The molecule has 0 amide bonds. The van der Waals surface area contributed by atoms with Crippen molar-refractivity contribution in [3.8, 4) is 0 Å². The van der Waals surface area contributed by atoms with Crippen molar-refractivity contribution in [1.29, 1.82) is 0 Å². The van der Waals surface area contributed by atoms with E-state index in [0.717, 1.165) is 5.92 Å². The molecule has 2 N–H and O–H groups in total. The molecule has 3 atom stereocenters. The first-order chi connectivity index (χ1) is 7.29. The van der Waals surface area contributed by atoms with Crippen molar-refractivity contribution in [1.82, 2.24) is 0 Å². The summed E-state index contributed by atoms with van der Waals surface area (Å²) >= 11 is 0. The second-order valence-corrected chi connectivity index (χ2v) is 4.86. The summed E-state index contributed by atoms with van der Waals surface area (Å²) in [4.78, 5) is 0. The Morgan fingerprint density at radius 2 is 1.80 bits per heavy atom. The van der Waals surface area contributed by atoms with Gasteiger partial charge < -0.3 is 5.73 Å². The van der Waals surface area contributed by atoms with Crippen molar-refractivity contribution in [3.63, 3.8) is 0 Å². The average Bonchev–Trinajstić information content (AvgIpc) is 2.30. The molecule has 1 heteroatoms. The molecule has 2 rings (SSSR count). The van der Waals surface area contributed by atoms with Gasteiger partial charge in [-0.05, 0) is 23.8 Å². The van der Waals surface area contributed by atoms with E-state index in [2.05, 4.69) is 37.3 Å². The Balaban J connectivity index is 2.09. The van der Waals surface area contributed by atoms with Gasteiger partial charge in [0.2, 0.25) is 0 Å². The molecule has 15 heavy (non-hydrogen) atoms. The zero-order chi connectivity index (χ0) is 10.7. The molecule has 0 spiro atoms. The zero-order valence-electron chi connectivity index (χ0n) is 9.52. The van der Waals surface area contributed by atoms with Crippen LogP contribution in [0.2, 0.25) is 0 Å². The molecule has 0 aliphatic heterocycles. The topological polar surface area (TPSA) is 26.0 Å². The third kappa shape index (κ3) is 2.40. The Labute approximate surface area is 92.7 Å². The number of benzene rings is 1. The normalized spacial score (nSPS) is 28.7. The van der Waals surface area contributed by atoms with E-state index in [1.54, 1.807) is 0 Å². The van der Waals surface area contributed by atoms with E-state index in [4.69, 9.17) is 5.73 Å². The summed E-state index contributed by atoms with van der Waals surface area (Å²) in [7, 11) is 0. The van der Waals surface area contributed by atoms with Crippen LogP contribution in [0.5, 0.6) is 0 Å². The van der Waals surface area contributed by atoms with Crippen LogP contribution in [0, 0.1) is 11.8 Å². The standard InChI is InChI=1S/C14H21N/c1-11-7-5-6-10-13(11)14(15)12-8-3-2-4-9-12/h2-4,8-9,11,13-14H,5-7,10,15H2,1H3/t11?,13?,14-/m0/s1. The summed E-state index contributed by atoms with van der Waals surface area (Å²) in [5.74, 6) is 1.47. The van der Waals surface area contributed by atoms with Crippen molar-refractivity contribution in [2.24, 2.45) is 17.6 Å². The molecule has 1 nitrogen and oxygen atoms in total. The SMILES string of the molecule is CC1CCCCC1[C@@H](N)c1ccccc1. The van der Waals surface area contributed by atoms with Crippen molar-refractivity contribution >= 4 is 0 Å². The lowest BCUT2D eigenvalue weighted by molar-refractivity contribution is 0.218. The van der Waals surface area contributed by atoms with E-state index in [0.29, 0.717) is 5.92 Å². The molecule has 0 bridgehead atoms. The van der Waals surface area contributed by atoms with Gasteiger partial charge >= 0.3 is 0 Å². The third-order valence-corrected chi connectivity index (χ3v) is 3.82. The lowest BCUT2D eigenvalue weighted by Crippen LogP contribution is -2.29. The van der Waals surface area contributed by atoms with Gasteiger partial charge in [0.05, 0.1) is 0 Å². The minimum atomic E-state index is 0.237. The molecule has 2 unspecified atom stereocenters. The molecule has 0 saturated heterocycles. The van der Waals surface area contributed by atoms with Gasteiger partial charge in [-0.3, -0.25) is 0 Å². The summed E-state index contributed by atoms with van der Waals surface area (Å²) in [5.41, 5.74) is 7.66. The van der Waals surface area contributed by atoms with Crippen molar-refractivity contribution in [3.05, 3.63) is 35.9 Å². The summed E-state index contributed by atoms with van der Waals surface area (Å²) in [6.45, 7) is 2.35.